The molecule has 0 rings (SSSR count). The Hall–Kier alpha value is -0.261. The third-order valence-corrected chi connectivity index (χ3v) is 19.5. The molecule has 0 spiro atoms. The van der Waals surface area contributed by atoms with E-state index in [-0.39, 0.29) is 11.9 Å². The second kappa shape index (κ2) is 33.1. The third kappa shape index (κ3) is 28.9. The van der Waals surface area contributed by atoms with Gasteiger partial charge in [0.25, 0.3) is 0 Å². The minimum absolute atomic E-state index is 0.116. The van der Waals surface area contributed by atoms with Gasteiger partial charge in [0.2, 0.25) is 0 Å². The SMILES string of the molecule is CCCCCCCCCCCCCCCC(=O)[O][Sn]([CH2]CC)([CH2]CC)[O]C(=O)CCCCCCCCCCCCCCC. The van der Waals surface area contributed by atoms with Crippen LogP contribution in [0, 0.1) is 0 Å². The van der Waals surface area contributed by atoms with Crippen molar-refractivity contribution in [3.05, 3.63) is 0 Å². The Bertz CT molecular complexity index is 557. The first kappa shape index (κ1) is 42.7. The van der Waals surface area contributed by atoms with Gasteiger partial charge < -0.3 is 0 Å². The maximum absolute atomic E-state index is 12.8. The van der Waals surface area contributed by atoms with Crippen molar-refractivity contribution in [2.45, 2.75) is 229 Å². The first-order valence-corrected chi connectivity index (χ1v) is 25.8. The van der Waals surface area contributed by atoms with Crippen molar-refractivity contribution < 1.29 is 15.7 Å². The second-order valence-electron chi connectivity index (χ2n) is 13.3. The van der Waals surface area contributed by atoms with Gasteiger partial charge in [-0.3, -0.25) is 0 Å². The van der Waals surface area contributed by atoms with Crippen LogP contribution in [-0.2, 0) is 15.7 Å². The van der Waals surface area contributed by atoms with Gasteiger partial charge in [-0.05, 0) is 0 Å². The Labute approximate surface area is 275 Å². The van der Waals surface area contributed by atoms with Crippen LogP contribution in [0.5, 0.6) is 0 Å². The molecule has 0 fully saturated rings. The van der Waals surface area contributed by atoms with Gasteiger partial charge in [0.05, 0.1) is 0 Å². The van der Waals surface area contributed by atoms with E-state index in [1.807, 2.05) is 0 Å². The Morgan fingerprint density at radius 1 is 0.349 bits per heavy atom. The normalized spacial score (nSPS) is 11.6. The zero-order chi connectivity index (χ0) is 31.7. The molecule has 0 amide bonds. The molecule has 0 aromatic carbocycles. The van der Waals surface area contributed by atoms with Crippen LogP contribution in [0.1, 0.15) is 220 Å². The Balaban J connectivity index is 4.06. The predicted octanol–water partition coefficient (Wildman–Crippen LogP) is 13.3. The van der Waals surface area contributed by atoms with Crippen molar-refractivity contribution in [2.24, 2.45) is 0 Å². The summed E-state index contributed by atoms with van der Waals surface area (Å²) >= 11 is -3.73. The van der Waals surface area contributed by atoms with Crippen LogP contribution < -0.4 is 0 Å². The van der Waals surface area contributed by atoms with E-state index >= 15 is 0 Å². The molecule has 0 aromatic rings. The summed E-state index contributed by atoms with van der Waals surface area (Å²) < 4.78 is 13.9. The number of rotatable bonds is 34. The van der Waals surface area contributed by atoms with Crippen LogP contribution >= 0.6 is 0 Å². The minimum Gasteiger partial charge on any atom is -0.0654 e. The van der Waals surface area contributed by atoms with E-state index in [4.69, 9.17) is 6.15 Å². The van der Waals surface area contributed by atoms with Crippen molar-refractivity contribution in [3.63, 3.8) is 0 Å². The summed E-state index contributed by atoms with van der Waals surface area (Å²) in [6.07, 6.45) is 36.4. The Morgan fingerprint density at radius 2 is 0.581 bits per heavy atom. The molecule has 5 heteroatoms. The zero-order valence-corrected chi connectivity index (χ0v) is 32.6. The van der Waals surface area contributed by atoms with Crippen molar-refractivity contribution in [3.8, 4) is 0 Å². The molecule has 0 heterocycles. The quantitative estimate of drug-likeness (QED) is 0.0492. The summed E-state index contributed by atoms with van der Waals surface area (Å²) in [7, 11) is 0. The summed E-state index contributed by atoms with van der Waals surface area (Å²) in [5.41, 5.74) is 0. The first-order chi connectivity index (χ1) is 21.0. The fraction of sp³-hybridized carbons (Fsp3) is 0.947. The van der Waals surface area contributed by atoms with E-state index in [1.54, 1.807) is 0 Å². The molecule has 43 heavy (non-hydrogen) atoms. The summed E-state index contributed by atoms with van der Waals surface area (Å²) in [6, 6.07) is 0. The molecule has 0 aromatic heterocycles. The van der Waals surface area contributed by atoms with E-state index in [1.165, 1.54) is 141 Å². The number of carbonyl (C=O) groups excluding carboxylic acids is 2. The number of unbranched alkanes of at least 4 members (excludes halogenated alkanes) is 24. The van der Waals surface area contributed by atoms with Crippen LogP contribution in [0.2, 0.25) is 8.87 Å². The van der Waals surface area contributed by atoms with Crippen LogP contribution in [0.4, 0.5) is 0 Å². The molecule has 0 bridgehead atoms. The summed E-state index contributed by atoms with van der Waals surface area (Å²) in [6.45, 7) is 8.77. The van der Waals surface area contributed by atoms with E-state index < -0.39 is 19.2 Å². The van der Waals surface area contributed by atoms with Crippen LogP contribution in [0.15, 0.2) is 0 Å². The van der Waals surface area contributed by atoms with Gasteiger partial charge in [0.1, 0.15) is 0 Å². The smallest absolute Gasteiger partial charge is 0.0654 e. The molecular formula is C38H76O4Sn. The summed E-state index contributed by atoms with van der Waals surface area (Å²) in [4.78, 5) is 25.6. The maximum atomic E-state index is 12.8. The number of carbonyl (C=O) groups is 2. The van der Waals surface area contributed by atoms with E-state index in [0.29, 0.717) is 12.8 Å². The van der Waals surface area contributed by atoms with Gasteiger partial charge in [0, 0.05) is 0 Å². The number of hydrogen-bond donors (Lipinski definition) is 0. The molecule has 0 saturated carbocycles. The minimum atomic E-state index is -3.73. The van der Waals surface area contributed by atoms with Crippen molar-refractivity contribution in [1.82, 2.24) is 0 Å². The van der Waals surface area contributed by atoms with Crippen molar-refractivity contribution in [2.75, 3.05) is 0 Å². The molecule has 0 N–H and O–H groups in total. The van der Waals surface area contributed by atoms with Gasteiger partial charge in [-0.25, -0.2) is 0 Å². The molecule has 0 aliphatic heterocycles. The fourth-order valence-electron chi connectivity index (χ4n) is 6.20. The standard InChI is InChI=1S/2C16H32O2.2C3H7.Sn/c2*1-2-3-4-5-6-7-8-9-10-11-12-13-14-15-16(17)18;2*1-3-2;/h2*2-15H2,1H3,(H,17,18);2*1,3H2,2H3;/q;;;;+2/p-2. The van der Waals surface area contributed by atoms with Crippen LogP contribution in [-0.4, -0.2) is 31.1 Å². The molecule has 0 aliphatic rings. The molecule has 0 unspecified atom stereocenters. The van der Waals surface area contributed by atoms with E-state index in [9.17, 15) is 9.59 Å². The van der Waals surface area contributed by atoms with Gasteiger partial charge >= 0.3 is 211 Å². The topological polar surface area (TPSA) is 52.6 Å². The van der Waals surface area contributed by atoms with E-state index in [0.717, 1.165) is 47.4 Å². The molecule has 0 aliphatic carbocycles. The molecule has 0 saturated heterocycles. The molecule has 0 radical (unpaired) electrons. The van der Waals surface area contributed by atoms with Gasteiger partial charge in [-0.15, -0.1) is 0 Å². The van der Waals surface area contributed by atoms with Gasteiger partial charge in [-0.2, -0.15) is 0 Å². The molecule has 0 atom stereocenters. The van der Waals surface area contributed by atoms with Crippen molar-refractivity contribution >= 4 is 31.1 Å². The average molecular weight is 716 g/mol. The average Bonchev–Trinajstić information content (AvgIpc) is 2.98. The van der Waals surface area contributed by atoms with Crippen LogP contribution in [0.25, 0.3) is 0 Å². The third-order valence-electron chi connectivity index (χ3n) is 8.83. The Kier molecular flexibility index (Phi) is 32.9. The van der Waals surface area contributed by atoms with Gasteiger partial charge in [-0.1, -0.05) is 65.2 Å². The zero-order valence-electron chi connectivity index (χ0n) is 29.8. The van der Waals surface area contributed by atoms with Crippen molar-refractivity contribution in [1.29, 1.82) is 0 Å². The predicted molar refractivity (Wildman–Crippen MR) is 189 cm³/mol. The van der Waals surface area contributed by atoms with Crippen LogP contribution in [0.3, 0.4) is 0 Å². The fourth-order valence-corrected chi connectivity index (χ4v) is 15.5. The Morgan fingerprint density at radius 3 is 0.814 bits per heavy atom. The monoisotopic (exact) mass is 716 g/mol. The molecule has 256 valence electrons. The molecule has 4 nitrogen and oxygen atoms in total. The van der Waals surface area contributed by atoms with E-state index in [2.05, 4.69) is 27.7 Å². The first-order valence-electron chi connectivity index (χ1n) is 19.5. The molecular weight excluding hydrogens is 639 g/mol. The number of hydrogen-bond acceptors (Lipinski definition) is 4. The van der Waals surface area contributed by atoms with Gasteiger partial charge in [0.15, 0.2) is 0 Å². The summed E-state index contributed by atoms with van der Waals surface area (Å²) in [5.74, 6) is -0.232. The second-order valence-corrected chi connectivity index (χ2v) is 22.6. The summed E-state index contributed by atoms with van der Waals surface area (Å²) in [5, 5.41) is 0.